The Balaban J connectivity index is 2.17. The SMILES string of the molecule is CC(C)c1ccccc1N1CCN(CCN)CC1=O. The van der Waals surface area contributed by atoms with Crippen LogP contribution >= 0.6 is 0 Å². The number of rotatable bonds is 4. The molecule has 0 saturated carbocycles. The summed E-state index contributed by atoms with van der Waals surface area (Å²) < 4.78 is 0. The summed E-state index contributed by atoms with van der Waals surface area (Å²) in [6, 6.07) is 8.19. The Morgan fingerprint density at radius 3 is 2.63 bits per heavy atom. The molecule has 4 heteroatoms. The Kier molecular flexibility index (Phi) is 4.56. The summed E-state index contributed by atoms with van der Waals surface area (Å²) in [7, 11) is 0. The normalized spacial score (nSPS) is 17.3. The number of amides is 1. The number of para-hydroxylation sites is 1. The predicted octanol–water partition coefficient (Wildman–Crippen LogP) is 1.42. The van der Waals surface area contributed by atoms with E-state index in [2.05, 4.69) is 24.8 Å². The van der Waals surface area contributed by atoms with Gasteiger partial charge < -0.3 is 10.6 Å². The van der Waals surface area contributed by atoms with E-state index in [0.717, 1.165) is 25.3 Å². The molecule has 1 heterocycles. The van der Waals surface area contributed by atoms with E-state index in [4.69, 9.17) is 5.73 Å². The van der Waals surface area contributed by atoms with Gasteiger partial charge in [-0.2, -0.15) is 0 Å². The van der Waals surface area contributed by atoms with Gasteiger partial charge in [-0.3, -0.25) is 9.69 Å². The van der Waals surface area contributed by atoms with Crippen LogP contribution in [0.4, 0.5) is 5.69 Å². The molecular weight excluding hydrogens is 238 g/mol. The van der Waals surface area contributed by atoms with Crippen molar-refractivity contribution in [1.82, 2.24) is 4.90 Å². The predicted molar refractivity (Wildman–Crippen MR) is 78.4 cm³/mol. The Bertz CT molecular complexity index is 445. The van der Waals surface area contributed by atoms with Gasteiger partial charge in [-0.25, -0.2) is 0 Å². The summed E-state index contributed by atoms with van der Waals surface area (Å²) in [5, 5.41) is 0. The summed E-state index contributed by atoms with van der Waals surface area (Å²) in [6.45, 7) is 7.85. The van der Waals surface area contributed by atoms with Crippen LogP contribution < -0.4 is 10.6 Å². The van der Waals surface area contributed by atoms with Gasteiger partial charge in [-0.05, 0) is 17.5 Å². The standard InChI is InChI=1S/C15H23N3O/c1-12(2)13-5-3-4-6-14(13)18-10-9-17(8-7-16)11-15(18)19/h3-6,12H,7-11,16H2,1-2H3. The van der Waals surface area contributed by atoms with Crippen molar-refractivity contribution in [2.24, 2.45) is 5.73 Å². The van der Waals surface area contributed by atoms with E-state index in [1.165, 1.54) is 5.56 Å². The Morgan fingerprint density at radius 1 is 1.26 bits per heavy atom. The molecule has 1 aromatic carbocycles. The number of benzene rings is 1. The van der Waals surface area contributed by atoms with E-state index in [-0.39, 0.29) is 5.91 Å². The van der Waals surface area contributed by atoms with Gasteiger partial charge in [0.15, 0.2) is 0 Å². The summed E-state index contributed by atoms with van der Waals surface area (Å²) >= 11 is 0. The van der Waals surface area contributed by atoms with E-state index in [1.54, 1.807) is 0 Å². The molecule has 2 N–H and O–H groups in total. The molecule has 0 unspecified atom stereocenters. The van der Waals surface area contributed by atoms with Gasteiger partial charge in [0.2, 0.25) is 5.91 Å². The van der Waals surface area contributed by atoms with Crippen LogP contribution in [0.5, 0.6) is 0 Å². The third-order valence-electron chi connectivity index (χ3n) is 3.59. The number of nitrogens with zero attached hydrogens (tertiary/aromatic N) is 2. The van der Waals surface area contributed by atoms with Gasteiger partial charge in [0.25, 0.3) is 0 Å². The second-order valence-electron chi connectivity index (χ2n) is 5.32. The molecular formula is C15H23N3O. The van der Waals surface area contributed by atoms with Crippen molar-refractivity contribution in [2.45, 2.75) is 19.8 Å². The fraction of sp³-hybridized carbons (Fsp3) is 0.533. The highest BCUT2D eigenvalue weighted by atomic mass is 16.2. The minimum Gasteiger partial charge on any atom is -0.329 e. The average Bonchev–Trinajstić information content (AvgIpc) is 2.39. The molecule has 0 bridgehead atoms. The highest BCUT2D eigenvalue weighted by Gasteiger charge is 2.26. The Morgan fingerprint density at radius 2 is 2.00 bits per heavy atom. The third kappa shape index (κ3) is 3.14. The molecule has 0 radical (unpaired) electrons. The number of piperazine rings is 1. The summed E-state index contributed by atoms with van der Waals surface area (Å²) in [5.74, 6) is 0.596. The maximum Gasteiger partial charge on any atom is 0.241 e. The van der Waals surface area contributed by atoms with Gasteiger partial charge in [0.05, 0.1) is 6.54 Å². The van der Waals surface area contributed by atoms with Gasteiger partial charge in [-0.15, -0.1) is 0 Å². The van der Waals surface area contributed by atoms with Crippen LogP contribution in [-0.2, 0) is 4.79 Å². The molecule has 0 spiro atoms. The van der Waals surface area contributed by atoms with E-state index in [1.807, 2.05) is 23.1 Å². The molecule has 104 valence electrons. The zero-order chi connectivity index (χ0) is 13.8. The largest absolute Gasteiger partial charge is 0.329 e. The molecule has 19 heavy (non-hydrogen) atoms. The first-order valence-corrected chi connectivity index (χ1v) is 6.95. The molecule has 1 aromatic rings. The first-order valence-electron chi connectivity index (χ1n) is 6.95. The number of hydrogen-bond donors (Lipinski definition) is 1. The smallest absolute Gasteiger partial charge is 0.241 e. The number of hydrogen-bond acceptors (Lipinski definition) is 3. The van der Waals surface area contributed by atoms with E-state index >= 15 is 0 Å². The van der Waals surface area contributed by atoms with Gasteiger partial charge in [0.1, 0.15) is 0 Å². The van der Waals surface area contributed by atoms with Crippen molar-refractivity contribution in [3.63, 3.8) is 0 Å². The van der Waals surface area contributed by atoms with Gasteiger partial charge in [0, 0.05) is 31.9 Å². The lowest BCUT2D eigenvalue weighted by Gasteiger charge is -2.35. The Hall–Kier alpha value is -1.39. The zero-order valence-corrected chi connectivity index (χ0v) is 11.8. The number of anilines is 1. The van der Waals surface area contributed by atoms with Gasteiger partial charge >= 0.3 is 0 Å². The Labute approximate surface area is 115 Å². The fourth-order valence-corrected chi connectivity index (χ4v) is 2.57. The molecule has 4 nitrogen and oxygen atoms in total. The van der Waals surface area contributed by atoms with Crippen LogP contribution in [0.1, 0.15) is 25.3 Å². The second kappa shape index (κ2) is 6.17. The lowest BCUT2D eigenvalue weighted by Crippen LogP contribution is -2.51. The van der Waals surface area contributed by atoms with Crippen LogP contribution in [0, 0.1) is 0 Å². The van der Waals surface area contributed by atoms with Crippen LogP contribution in [-0.4, -0.2) is 43.5 Å². The maximum atomic E-state index is 12.3. The molecule has 0 atom stereocenters. The first-order chi connectivity index (χ1) is 9.13. The summed E-state index contributed by atoms with van der Waals surface area (Å²) in [4.78, 5) is 16.3. The molecule has 1 aliphatic heterocycles. The van der Waals surface area contributed by atoms with E-state index in [0.29, 0.717) is 19.0 Å². The van der Waals surface area contributed by atoms with Crippen LogP contribution in [0.15, 0.2) is 24.3 Å². The summed E-state index contributed by atoms with van der Waals surface area (Å²) in [6.07, 6.45) is 0. The van der Waals surface area contributed by atoms with Gasteiger partial charge in [-0.1, -0.05) is 32.0 Å². The average molecular weight is 261 g/mol. The fourth-order valence-electron chi connectivity index (χ4n) is 2.57. The number of nitrogens with two attached hydrogens (primary N) is 1. The lowest BCUT2D eigenvalue weighted by atomic mass is 10.00. The lowest BCUT2D eigenvalue weighted by molar-refractivity contribution is -0.121. The third-order valence-corrected chi connectivity index (χ3v) is 3.59. The van der Waals surface area contributed by atoms with Crippen LogP contribution in [0.25, 0.3) is 0 Å². The first kappa shape index (κ1) is 14.0. The van der Waals surface area contributed by atoms with Crippen LogP contribution in [0.3, 0.4) is 0 Å². The highest BCUT2D eigenvalue weighted by molar-refractivity contribution is 5.96. The monoisotopic (exact) mass is 261 g/mol. The molecule has 1 saturated heterocycles. The minimum absolute atomic E-state index is 0.174. The molecule has 0 aliphatic carbocycles. The molecule has 1 amide bonds. The maximum absolute atomic E-state index is 12.3. The highest BCUT2D eigenvalue weighted by Crippen LogP contribution is 2.28. The van der Waals surface area contributed by atoms with Crippen molar-refractivity contribution in [3.05, 3.63) is 29.8 Å². The molecule has 2 rings (SSSR count). The van der Waals surface area contributed by atoms with E-state index in [9.17, 15) is 4.79 Å². The zero-order valence-electron chi connectivity index (χ0n) is 11.8. The molecule has 0 aromatic heterocycles. The summed E-state index contributed by atoms with van der Waals surface area (Å²) in [5.41, 5.74) is 7.85. The quantitative estimate of drug-likeness (QED) is 0.891. The second-order valence-corrected chi connectivity index (χ2v) is 5.32. The molecule has 1 fully saturated rings. The van der Waals surface area contributed by atoms with Crippen molar-refractivity contribution in [1.29, 1.82) is 0 Å². The van der Waals surface area contributed by atoms with Crippen molar-refractivity contribution >= 4 is 11.6 Å². The van der Waals surface area contributed by atoms with Crippen molar-refractivity contribution < 1.29 is 4.79 Å². The topological polar surface area (TPSA) is 49.6 Å². The number of carbonyl (C=O) groups is 1. The number of carbonyl (C=O) groups excluding carboxylic acids is 1. The molecule has 1 aliphatic rings. The van der Waals surface area contributed by atoms with Crippen molar-refractivity contribution in [3.8, 4) is 0 Å². The minimum atomic E-state index is 0.174. The van der Waals surface area contributed by atoms with E-state index < -0.39 is 0 Å². The van der Waals surface area contributed by atoms with Crippen LogP contribution in [0.2, 0.25) is 0 Å². The van der Waals surface area contributed by atoms with Crippen molar-refractivity contribution in [2.75, 3.05) is 37.6 Å².